The van der Waals surface area contributed by atoms with E-state index in [0.29, 0.717) is 6.04 Å². The highest BCUT2D eigenvalue weighted by atomic mass is 16.6. The SMILES string of the molecule is Nc1cc(CN2CCCC2C2CCCC2)ccc1[N+](=O)[O-]. The van der Waals surface area contributed by atoms with Gasteiger partial charge in [-0.05, 0) is 49.8 Å². The number of rotatable bonds is 4. The van der Waals surface area contributed by atoms with Crippen molar-refractivity contribution in [1.29, 1.82) is 0 Å². The van der Waals surface area contributed by atoms with Crippen molar-refractivity contribution in [2.24, 2.45) is 5.92 Å². The van der Waals surface area contributed by atoms with Crippen molar-refractivity contribution in [3.8, 4) is 0 Å². The molecule has 1 heterocycles. The lowest BCUT2D eigenvalue weighted by atomic mass is 9.96. The Morgan fingerprint density at radius 1 is 1.24 bits per heavy atom. The minimum absolute atomic E-state index is 0.00696. The van der Waals surface area contributed by atoms with Gasteiger partial charge in [-0.25, -0.2) is 0 Å². The maximum atomic E-state index is 10.8. The lowest BCUT2D eigenvalue weighted by molar-refractivity contribution is -0.383. The third kappa shape index (κ3) is 3.02. The molecule has 3 rings (SSSR count). The molecule has 5 nitrogen and oxygen atoms in total. The molecule has 0 spiro atoms. The first-order valence-electron chi connectivity index (χ1n) is 7.92. The summed E-state index contributed by atoms with van der Waals surface area (Å²) in [6.07, 6.45) is 8.04. The second-order valence-electron chi connectivity index (χ2n) is 6.37. The molecule has 1 atom stereocenters. The number of nitrogens with zero attached hydrogens (tertiary/aromatic N) is 2. The Morgan fingerprint density at radius 2 is 2.00 bits per heavy atom. The minimum atomic E-state index is -0.420. The maximum absolute atomic E-state index is 10.8. The predicted molar refractivity (Wildman–Crippen MR) is 82.9 cm³/mol. The minimum Gasteiger partial charge on any atom is -0.393 e. The first-order chi connectivity index (χ1) is 10.1. The van der Waals surface area contributed by atoms with Crippen molar-refractivity contribution >= 4 is 11.4 Å². The topological polar surface area (TPSA) is 72.4 Å². The zero-order valence-corrected chi connectivity index (χ0v) is 12.3. The van der Waals surface area contributed by atoms with Gasteiger partial charge in [0.15, 0.2) is 0 Å². The van der Waals surface area contributed by atoms with Crippen LogP contribution in [-0.4, -0.2) is 22.4 Å². The molecule has 1 saturated carbocycles. The van der Waals surface area contributed by atoms with Crippen LogP contribution in [0.15, 0.2) is 18.2 Å². The van der Waals surface area contributed by atoms with E-state index in [-0.39, 0.29) is 11.4 Å². The maximum Gasteiger partial charge on any atom is 0.292 e. The Hall–Kier alpha value is -1.62. The molecule has 5 heteroatoms. The highest BCUT2D eigenvalue weighted by Crippen LogP contribution is 2.36. The molecule has 1 aromatic rings. The number of nitrogens with two attached hydrogens (primary N) is 1. The van der Waals surface area contributed by atoms with Gasteiger partial charge in [0.05, 0.1) is 4.92 Å². The Morgan fingerprint density at radius 3 is 2.67 bits per heavy atom. The van der Waals surface area contributed by atoms with Gasteiger partial charge in [0.2, 0.25) is 0 Å². The number of nitrogen functional groups attached to an aromatic ring is 1. The average molecular weight is 289 g/mol. The highest BCUT2D eigenvalue weighted by molar-refractivity contribution is 5.59. The summed E-state index contributed by atoms with van der Waals surface area (Å²) in [5, 5.41) is 10.8. The number of nitro benzene ring substituents is 1. The standard InChI is InChI=1S/C16H23N3O2/c17-14-10-12(7-8-16(14)19(20)21)11-18-9-3-6-15(18)13-4-1-2-5-13/h7-8,10,13,15H,1-6,9,11,17H2. The summed E-state index contributed by atoms with van der Waals surface area (Å²) >= 11 is 0. The van der Waals surface area contributed by atoms with Gasteiger partial charge in [-0.15, -0.1) is 0 Å². The molecular weight excluding hydrogens is 266 g/mol. The van der Waals surface area contributed by atoms with Crippen molar-refractivity contribution in [2.45, 2.75) is 51.1 Å². The Labute approximate surface area is 125 Å². The number of anilines is 1. The average Bonchev–Trinajstić information content (AvgIpc) is 3.08. The van der Waals surface area contributed by atoms with Crippen LogP contribution in [0.25, 0.3) is 0 Å². The number of benzene rings is 1. The molecule has 114 valence electrons. The molecular formula is C16H23N3O2. The van der Waals surface area contributed by atoms with Crippen LogP contribution in [0.4, 0.5) is 11.4 Å². The summed E-state index contributed by atoms with van der Waals surface area (Å²) in [5.74, 6) is 0.850. The second-order valence-corrected chi connectivity index (χ2v) is 6.37. The lowest BCUT2D eigenvalue weighted by Gasteiger charge is -2.29. The molecule has 1 aromatic carbocycles. The first-order valence-corrected chi connectivity index (χ1v) is 7.92. The lowest BCUT2D eigenvalue weighted by Crippen LogP contribution is -2.34. The van der Waals surface area contributed by atoms with Crippen LogP contribution in [0, 0.1) is 16.0 Å². The fraction of sp³-hybridized carbons (Fsp3) is 0.625. The summed E-state index contributed by atoms with van der Waals surface area (Å²) in [5.41, 5.74) is 7.16. The van der Waals surface area contributed by atoms with Crippen LogP contribution in [0.3, 0.4) is 0 Å². The number of nitro groups is 1. The third-order valence-corrected chi connectivity index (χ3v) is 5.03. The molecule has 2 aliphatic rings. The van der Waals surface area contributed by atoms with Crippen molar-refractivity contribution in [1.82, 2.24) is 4.90 Å². The van der Waals surface area contributed by atoms with Crippen LogP contribution in [0.5, 0.6) is 0 Å². The van der Waals surface area contributed by atoms with E-state index in [9.17, 15) is 10.1 Å². The van der Waals surface area contributed by atoms with Crippen molar-refractivity contribution < 1.29 is 4.92 Å². The van der Waals surface area contributed by atoms with E-state index in [1.165, 1.54) is 44.6 Å². The summed E-state index contributed by atoms with van der Waals surface area (Å²) in [7, 11) is 0. The smallest absolute Gasteiger partial charge is 0.292 e. The number of hydrogen-bond donors (Lipinski definition) is 1. The Kier molecular flexibility index (Phi) is 4.10. The molecule has 1 aliphatic heterocycles. The van der Waals surface area contributed by atoms with E-state index in [1.807, 2.05) is 6.07 Å². The van der Waals surface area contributed by atoms with Crippen LogP contribution in [-0.2, 0) is 6.54 Å². The fourth-order valence-electron chi connectivity index (χ4n) is 4.03. The van der Waals surface area contributed by atoms with E-state index >= 15 is 0 Å². The van der Waals surface area contributed by atoms with E-state index in [0.717, 1.165) is 24.6 Å². The van der Waals surface area contributed by atoms with E-state index in [4.69, 9.17) is 5.73 Å². The zero-order chi connectivity index (χ0) is 14.8. The summed E-state index contributed by atoms with van der Waals surface area (Å²) in [4.78, 5) is 13.0. The van der Waals surface area contributed by atoms with Gasteiger partial charge in [0.1, 0.15) is 5.69 Å². The van der Waals surface area contributed by atoms with Crippen LogP contribution >= 0.6 is 0 Å². The van der Waals surface area contributed by atoms with E-state index < -0.39 is 4.92 Å². The molecule has 0 bridgehead atoms. The van der Waals surface area contributed by atoms with Crippen molar-refractivity contribution in [2.75, 3.05) is 12.3 Å². The molecule has 21 heavy (non-hydrogen) atoms. The van der Waals surface area contributed by atoms with Crippen molar-refractivity contribution in [3.63, 3.8) is 0 Å². The zero-order valence-electron chi connectivity index (χ0n) is 12.3. The van der Waals surface area contributed by atoms with Crippen LogP contribution in [0.2, 0.25) is 0 Å². The molecule has 0 radical (unpaired) electrons. The molecule has 1 unspecified atom stereocenters. The largest absolute Gasteiger partial charge is 0.393 e. The number of likely N-dealkylation sites (tertiary alicyclic amines) is 1. The Balaban J connectivity index is 1.70. The monoisotopic (exact) mass is 289 g/mol. The van der Waals surface area contributed by atoms with E-state index in [1.54, 1.807) is 6.07 Å². The first kappa shape index (κ1) is 14.3. The van der Waals surface area contributed by atoms with Gasteiger partial charge >= 0.3 is 0 Å². The Bertz CT molecular complexity index is 526. The summed E-state index contributed by atoms with van der Waals surface area (Å²) < 4.78 is 0. The summed E-state index contributed by atoms with van der Waals surface area (Å²) in [6.45, 7) is 2.00. The van der Waals surface area contributed by atoms with Gasteiger partial charge in [0, 0.05) is 18.7 Å². The second kappa shape index (κ2) is 6.02. The van der Waals surface area contributed by atoms with Crippen molar-refractivity contribution in [3.05, 3.63) is 33.9 Å². The normalized spacial score (nSPS) is 23.7. The number of hydrogen-bond acceptors (Lipinski definition) is 4. The summed E-state index contributed by atoms with van der Waals surface area (Å²) in [6, 6.07) is 5.84. The van der Waals surface area contributed by atoms with Gasteiger partial charge in [-0.2, -0.15) is 0 Å². The van der Waals surface area contributed by atoms with Gasteiger partial charge in [0.25, 0.3) is 5.69 Å². The molecule has 2 fully saturated rings. The molecule has 1 aliphatic carbocycles. The highest BCUT2D eigenvalue weighted by Gasteiger charge is 2.33. The van der Waals surface area contributed by atoms with Gasteiger partial charge < -0.3 is 5.73 Å². The molecule has 0 aromatic heterocycles. The quantitative estimate of drug-likeness (QED) is 0.524. The van der Waals surface area contributed by atoms with Crippen LogP contribution < -0.4 is 5.73 Å². The third-order valence-electron chi connectivity index (χ3n) is 5.03. The van der Waals surface area contributed by atoms with E-state index in [2.05, 4.69) is 4.90 Å². The van der Waals surface area contributed by atoms with Crippen LogP contribution in [0.1, 0.15) is 44.1 Å². The van der Waals surface area contributed by atoms with Gasteiger partial charge in [-0.1, -0.05) is 18.9 Å². The molecule has 0 amide bonds. The molecule has 1 saturated heterocycles. The van der Waals surface area contributed by atoms with Gasteiger partial charge in [-0.3, -0.25) is 15.0 Å². The predicted octanol–water partition coefficient (Wildman–Crippen LogP) is 3.33. The fourth-order valence-corrected chi connectivity index (χ4v) is 4.03. The molecule has 2 N–H and O–H groups in total.